The minimum absolute atomic E-state index is 0.0128. The summed E-state index contributed by atoms with van der Waals surface area (Å²) in [6.07, 6.45) is 1.98. The Morgan fingerprint density at radius 1 is 1.13 bits per heavy atom. The summed E-state index contributed by atoms with van der Waals surface area (Å²) < 4.78 is 5.23. The summed E-state index contributed by atoms with van der Waals surface area (Å²) in [6.45, 7) is 0.0964. The van der Waals surface area contributed by atoms with Crippen molar-refractivity contribution in [3.05, 3.63) is 76.0 Å². The third-order valence-corrected chi connectivity index (χ3v) is 3.56. The standard InChI is InChI=1S/C17H14N2O4/c20-17(9-13-10-18-16-4-2-1-3-15(13)16)23-11-12-5-7-14(8-6-12)19(21)22/h1-8,10,18H,9,11H2. The van der Waals surface area contributed by atoms with Crippen molar-refractivity contribution in [1.82, 2.24) is 4.98 Å². The highest BCUT2D eigenvalue weighted by molar-refractivity contribution is 5.87. The van der Waals surface area contributed by atoms with Crippen molar-refractivity contribution in [3.63, 3.8) is 0 Å². The van der Waals surface area contributed by atoms with Gasteiger partial charge in [0.15, 0.2) is 0 Å². The van der Waals surface area contributed by atoms with Crippen molar-refractivity contribution in [2.45, 2.75) is 13.0 Å². The highest BCUT2D eigenvalue weighted by Gasteiger charge is 2.10. The van der Waals surface area contributed by atoms with Crippen molar-refractivity contribution in [2.75, 3.05) is 0 Å². The van der Waals surface area contributed by atoms with Crippen LogP contribution in [0, 0.1) is 10.1 Å². The van der Waals surface area contributed by atoms with Crippen LogP contribution in [0.4, 0.5) is 5.69 Å². The van der Waals surface area contributed by atoms with Gasteiger partial charge in [-0.2, -0.15) is 0 Å². The maximum absolute atomic E-state index is 12.0. The zero-order chi connectivity index (χ0) is 16.2. The van der Waals surface area contributed by atoms with Gasteiger partial charge in [0.2, 0.25) is 0 Å². The van der Waals surface area contributed by atoms with Gasteiger partial charge in [-0.1, -0.05) is 18.2 Å². The second kappa shape index (κ2) is 6.31. The van der Waals surface area contributed by atoms with Crippen LogP contribution in [0.25, 0.3) is 10.9 Å². The maximum Gasteiger partial charge on any atom is 0.310 e. The van der Waals surface area contributed by atoms with Gasteiger partial charge in [-0.25, -0.2) is 0 Å². The second-order valence-electron chi connectivity index (χ2n) is 5.12. The fourth-order valence-corrected chi connectivity index (χ4v) is 2.36. The van der Waals surface area contributed by atoms with Crippen molar-refractivity contribution in [3.8, 4) is 0 Å². The molecule has 23 heavy (non-hydrogen) atoms. The van der Waals surface area contributed by atoms with E-state index < -0.39 is 4.92 Å². The van der Waals surface area contributed by atoms with Crippen LogP contribution in [0.5, 0.6) is 0 Å². The van der Waals surface area contributed by atoms with Gasteiger partial charge >= 0.3 is 5.97 Å². The summed E-state index contributed by atoms with van der Waals surface area (Å²) in [6, 6.07) is 13.7. The lowest BCUT2D eigenvalue weighted by atomic mass is 10.1. The first-order chi connectivity index (χ1) is 11.1. The number of aromatic amines is 1. The first kappa shape index (κ1) is 14.8. The molecule has 0 amide bonds. The molecular weight excluding hydrogens is 296 g/mol. The first-order valence-corrected chi connectivity index (χ1v) is 7.07. The number of nitrogens with zero attached hydrogens (tertiary/aromatic N) is 1. The lowest BCUT2D eigenvalue weighted by molar-refractivity contribution is -0.384. The number of non-ortho nitro benzene ring substituents is 1. The normalized spacial score (nSPS) is 10.6. The van der Waals surface area contributed by atoms with Crippen molar-refractivity contribution in [1.29, 1.82) is 0 Å². The molecule has 6 heteroatoms. The van der Waals surface area contributed by atoms with Crippen LogP contribution in [0.15, 0.2) is 54.7 Å². The molecule has 0 unspecified atom stereocenters. The molecule has 3 aromatic rings. The molecule has 0 saturated heterocycles. The number of fused-ring (bicyclic) bond motifs is 1. The van der Waals surface area contributed by atoms with Gasteiger partial charge in [0.1, 0.15) is 6.61 Å². The number of carbonyl (C=O) groups is 1. The number of hydrogen-bond donors (Lipinski definition) is 1. The summed E-state index contributed by atoms with van der Waals surface area (Å²) >= 11 is 0. The number of nitro benzene ring substituents is 1. The van der Waals surface area contributed by atoms with Gasteiger partial charge in [-0.15, -0.1) is 0 Å². The number of nitro groups is 1. The zero-order valence-corrected chi connectivity index (χ0v) is 12.2. The Labute approximate surface area is 131 Å². The Hall–Kier alpha value is -3.15. The fraction of sp³-hybridized carbons (Fsp3) is 0.118. The molecule has 116 valence electrons. The quantitative estimate of drug-likeness (QED) is 0.445. The zero-order valence-electron chi connectivity index (χ0n) is 12.2. The monoisotopic (exact) mass is 310 g/mol. The van der Waals surface area contributed by atoms with Crippen LogP contribution in [-0.2, 0) is 22.6 Å². The lowest BCUT2D eigenvalue weighted by Crippen LogP contribution is -2.07. The molecule has 1 aromatic heterocycles. The van der Waals surface area contributed by atoms with Crippen molar-refractivity contribution in [2.24, 2.45) is 0 Å². The van der Waals surface area contributed by atoms with Crippen LogP contribution < -0.4 is 0 Å². The Morgan fingerprint density at radius 3 is 2.61 bits per heavy atom. The van der Waals surface area contributed by atoms with E-state index in [9.17, 15) is 14.9 Å². The minimum atomic E-state index is -0.465. The molecule has 0 saturated carbocycles. The van der Waals surface area contributed by atoms with Gasteiger partial charge in [0.25, 0.3) is 5.69 Å². The van der Waals surface area contributed by atoms with Gasteiger partial charge in [0, 0.05) is 29.2 Å². The average Bonchev–Trinajstić information content (AvgIpc) is 2.96. The highest BCUT2D eigenvalue weighted by Crippen LogP contribution is 2.19. The van der Waals surface area contributed by atoms with Crippen LogP contribution >= 0.6 is 0 Å². The van der Waals surface area contributed by atoms with E-state index >= 15 is 0 Å². The predicted octanol–water partition coefficient (Wildman–Crippen LogP) is 3.36. The van der Waals surface area contributed by atoms with E-state index in [1.165, 1.54) is 12.1 Å². The number of H-pyrrole nitrogens is 1. The van der Waals surface area contributed by atoms with Crippen LogP contribution in [0.1, 0.15) is 11.1 Å². The molecule has 0 aliphatic carbocycles. The van der Waals surface area contributed by atoms with Crippen molar-refractivity contribution >= 4 is 22.6 Å². The van der Waals surface area contributed by atoms with E-state index in [0.29, 0.717) is 5.56 Å². The predicted molar refractivity (Wildman–Crippen MR) is 84.9 cm³/mol. The van der Waals surface area contributed by atoms with Crippen LogP contribution in [0.2, 0.25) is 0 Å². The molecule has 0 atom stereocenters. The topological polar surface area (TPSA) is 85.2 Å². The molecule has 0 fully saturated rings. The fourth-order valence-electron chi connectivity index (χ4n) is 2.36. The smallest absolute Gasteiger partial charge is 0.310 e. The van der Waals surface area contributed by atoms with Gasteiger partial charge < -0.3 is 9.72 Å². The number of hydrogen-bond acceptors (Lipinski definition) is 4. The van der Waals surface area contributed by atoms with Gasteiger partial charge in [-0.3, -0.25) is 14.9 Å². The summed E-state index contributed by atoms with van der Waals surface area (Å²) in [5.41, 5.74) is 2.58. The molecule has 0 bridgehead atoms. The van der Waals surface area contributed by atoms with Gasteiger partial charge in [-0.05, 0) is 29.3 Å². The van der Waals surface area contributed by atoms with E-state index in [0.717, 1.165) is 16.5 Å². The summed E-state index contributed by atoms with van der Waals surface area (Å²) in [5.74, 6) is -0.340. The van der Waals surface area contributed by atoms with E-state index in [2.05, 4.69) is 4.98 Å². The molecule has 0 aliphatic heterocycles. The highest BCUT2D eigenvalue weighted by atomic mass is 16.6. The molecule has 1 N–H and O–H groups in total. The van der Waals surface area contributed by atoms with E-state index in [-0.39, 0.29) is 24.7 Å². The van der Waals surface area contributed by atoms with Crippen LogP contribution in [0.3, 0.4) is 0 Å². The molecule has 0 aliphatic rings. The Bertz CT molecular complexity index is 852. The van der Waals surface area contributed by atoms with E-state index in [1.807, 2.05) is 24.3 Å². The Morgan fingerprint density at radius 2 is 1.87 bits per heavy atom. The molecule has 0 radical (unpaired) electrons. The first-order valence-electron chi connectivity index (χ1n) is 7.07. The molecule has 1 heterocycles. The van der Waals surface area contributed by atoms with E-state index in [1.54, 1.807) is 18.3 Å². The number of esters is 1. The molecule has 3 rings (SSSR count). The summed E-state index contributed by atoms with van der Waals surface area (Å²) in [4.78, 5) is 25.2. The third kappa shape index (κ3) is 3.37. The number of nitrogens with one attached hydrogen (secondary N) is 1. The number of carbonyl (C=O) groups excluding carboxylic acids is 1. The molecule has 0 spiro atoms. The summed E-state index contributed by atoms with van der Waals surface area (Å²) in [7, 11) is 0. The van der Waals surface area contributed by atoms with E-state index in [4.69, 9.17) is 4.74 Å². The minimum Gasteiger partial charge on any atom is -0.461 e. The lowest BCUT2D eigenvalue weighted by Gasteiger charge is -2.04. The summed E-state index contributed by atoms with van der Waals surface area (Å²) in [5, 5.41) is 11.6. The Balaban J connectivity index is 1.60. The van der Waals surface area contributed by atoms with Crippen LogP contribution in [-0.4, -0.2) is 15.9 Å². The van der Waals surface area contributed by atoms with Crippen molar-refractivity contribution < 1.29 is 14.5 Å². The number of rotatable bonds is 5. The maximum atomic E-state index is 12.0. The van der Waals surface area contributed by atoms with Gasteiger partial charge in [0.05, 0.1) is 11.3 Å². The largest absolute Gasteiger partial charge is 0.461 e. The Kier molecular flexibility index (Phi) is 4.05. The SMILES string of the molecule is O=C(Cc1c[nH]c2ccccc12)OCc1ccc([N+](=O)[O-])cc1. The molecular formula is C17H14N2O4. The second-order valence-corrected chi connectivity index (χ2v) is 5.12. The number of benzene rings is 2. The molecule has 2 aromatic carbocycles. The molecule has 6 nitrogen and oxygen atoms in total. The average molecular weight is 310 g/mol. The number of aromatic nitrogens is 1. The number of para-hydroxylation sites is 1. The number of ether oxygens (including phenoxy) is 1. The third-order valence-electron chi connectivity index (χ3n) is 3.56.